The first-order chi connectivity index (χ1) is 9.66. The maximum Gasteiger partial charge on any atom is 0.221 e. The first-order valence-electron chi connectivity index (χ1n) is 6.02. The topological polar surface area (TPSA) is 72.7 Å². The summed E-state index contributed by atoms with van der Waals surface area (Å²) in [5.74, 6) is 0.607. The van der Waals surface area contributed by atoms with Gasteiger partial charge in [-0.05, 0) is 22.1 Å². The minimum atomic E-state index is -0.0208. The van der Waals surface area contributed by atoms with E-state index >= 15 is 0 Å². The Bertz CT molecular complexity index is 589. The van der Waals surface area contributed by atoms with Crippen LogP contribution in [0, 0.1) is 0 Å². The van der Waals surface area contributed by atoms with Crippen molar-refractivity contribution in [3.8, 4) is 0 Å². The summed E-state index contributed by atoms with van der Waals surface area (Å²) in [6.45, 7) is 0.439. The number of nitrogens with zero attached hydrogens (tertiary/aromatic N) is 4. The minimum absolute atomic E-state index is 0.0208. The molecule has 0 aliphatic carbocycles. The van der Waals surface area contributed by atoms with E-state index in [1.165, 1.54) is 11.8 Å². The first-order valence-corrected chi connectivity index (χ1v) is 7.38. The third kappa shape index (κ3) is 4.21. The third-order valence-corrected chi connectivity index (χ3v) is 3.96. The van der Waals surface area contributed by atoms with Crippen LogP contribution < -0.4 is 5.32 Å². The van der Waals surface area contributed by atoms with Gasteiger partial charge in [0.25, 0.3) is 0 Å². The van der Waals surface area contributed by atoms with E-state index in [2.05, 4.69) is 20.8 Å². The monoisotopic (exact) mass is 311 g/mol. The molecule has 0 bridgehead atoms. The van der Waals surface area contributed by atoms with Crippen LogP contribution in [0.5, 0.6) is 0 Å². The summed E-state index contributed by atoms with van der Waals surface area (Å²) in [6, 6.07) is 7.45. The number of benzene rings is 1. The first kappa shape index (κ1) is 14.8. The highest BCUT2D eigenvalue weighted by atomic mass is 35.5. The standard InChI is InChI=1S/C12H14ClN5OS/c1-18-12(15-16-17-18)20-7-6-11(19)14-8-9-4-2-3-5-10(9)13/h2-5H,6-8H2,1H3,(H,14,19). The number of nitrogens with one attached hydrogen (secondary N) is 1. The molecule has 1 amide bonds. The molecule has 0 spiro atoms. The molecule has 0 aliphatic heterocycles. The summed E-state index contributed by atoms with van der Waals surface area (Å²) in [4.78, 5) is 11.7. The number of carbonyl (C=O) groups is 1. The van der Waals surface area contributed by atoms with Gasteiger partial charge in [0.05, 0.1) is 0 Å². The second-order valence-electron chi connectivity index (χ2n) is 4.05. The number of carbonyl (C=O) groups excluding carboxylic acids is 1. The fraction of sp³-hybridized carbons (Fsp3) is 0.333. The predicted octanol–water partition coefficient (Wildman–Crippen LogP) is 1.66. The van der Waals surface area contributed by atoms with Crippen LogP contribution in [0.15, 0.2) is 29.4 Å². The van der Waals surface area contributed by atoms with Crippen LogP contribution in [-0.4, -0.2) is 31.9 Å². The van der Waals surface area contributed by atoms with Gasteiger partial charge in [0.15, 0.2) is 0 Å². The van der Waals surface area contributed by atoms with Gasteiger partial charge in [-0.3, -0.25) is 4.79 Å². The normalized spacial score (nSPS) is 10.5. The van der Waals surface area contributed by atoms with Crippen molar-refractivity contribution in [3.05, 3.63) is 34.9 Å². The molecule has 0 aliphatic rings. The molecule has 1 aromatic heterocycles. The molecule has 1 N–H and O–H groups in total. The van der Waals surface area contributed by atoms with Crippen molar-refractivity contribution in [2.45, 2.75) is 18.1 Å². The molecule has 0 radical (unpaired) electrons. The Labute approximate surface area is 125 Å². The second kappa shape index (κ2) is 7.25. The van der Waals surface area contributed by atoms with Crippen LogP contribution in [0.1, 0.15) is 12.0 Å². The van der Waals surface area contributed by atoms with Crippen molar-refractivity contribution < 1.29 is 4.79 Å². The van der Waals surface area contributed by atoms with Crippen LogP contribution in [0.4, 0.5) is 0 Å². The molecule has 0 saturated carbocycles. The van der Waals surface area contributed by atoms with Crippen molar-refractivity contribution in [1.82, 2.24) is 25.5 Å². The van der Waals surface area contributed by atoms with Crippen LogP contribution in [0.3, 0.4) is 0 Å². The number of thioether (sulfide) groups is 1. The zero-order chi connectivity index (χ0) is 14.4. The van der Waals surface area contributed by atoms with Gasteiger partial charge in [-0.2, -0.15) is 0 Å². The molecule has 6 nitrogen and oxygen atoms in total. The lowest BCUT2D eigenvalue weighted by Crippen LogP contribution is -2.23. The van der Waals surface area contributed by atoms with Crippen LogP contribution in [0.25, 0.3) is 0 Å². The Kier molecular flexibility index (Phi) is 5.37. The number of halogens is 1. The van der Waals surface area contributed by atoms with Crippen molar-refractivity contribution in [3.63, 3.8) is 0 Å². The lowest BCUT2D eigenvalue weighted by Gasteiger charge is -2.06. The number of rotatable bonds is 6. The highest BCUT2D eigenvalue weighted by Crippen LogP contribution is 2.15. The van der Waals surface area contributed by atoms with Gasteiger partial charge in [-0.15, -0.1) is 5.10 Å². The molecule has 0 atom stereocenters. The molecule has 0 saturated heterocycles. The smallest absolute Gasteiger partial charge is 0.221 e. The van der Waals surface area contributed by atoms with Gasteiger partial charge in [-0.25, -0.2) is 4.68 Å². The quantitative estimate of drug-likeness (QED) is 0.821. The summed E-state index contributed by atoms with van der Waals surface area (Å²) in [5.41, 5.74) is 0.910. The predicted molar refractivity (Wildman–Crippen MR) is 77.4 cm³/mol. The van der Waals surface area contributed by atoms with E-state index in [1.807, 2.05) is 18.2 Å². The summed E-state index contributed by atoms with van der Waals surface area (Å²) in [6.07, 6.45) is 0.405. The largest absolute Gasteiger partial charge is 0.352 e. The zero-order valence-corrected chi connectivity index (χ0v) is 12.5. The number of tetrazole rings is 1. The van der Waals surface area contributed by atoms with Gasteiger partial charge in [0.2, 0.25) is 11.1 Å². The maximum atomic E-state index is 11.7. The molecule has 8 heteroatoms. The molecule has 2 aromatic rings. The van der Waals surface area contributed by atoms with Crippen LogP contribution in [-0.2, 0) is 18.4 Å². The molecule has 106 valence electrons. The van der Waals surface area contributed by atoms with E-state index < -0.39 is 0 Å². The number of amides is 1. The number of hydrogen-bond donors (Lipinski definition) is 1. The van der Waals surface area contributed by atoms with Crippen molar-refractivity contribution in [2.75, 3.05) is 5.75 Å². The van der Waals surface area contributed by atoms with Crippen molar-refractivity contribution in [1.29, 1.82) is 0 Å². The van der Waals surface area contributed by atoms with E-state index in [0.717, 1.165) is 5.56 Å². The SMILES string of the molecule is Cn1nnnc1SCCC(=O)NCc1ccccc1Cl. The zero-order valence-electron chi connectivity index (χ0n) is 10.9. The molecule has 20 heavy (non-hydrogen) atoms. The Balaban J connectivity index is 1.71. The lowest BCUT2D eigenvalue weighted by atomic mass is 10.2. The second-order valence-corrected chi connectivity index (χ2v) is 5.52. The van der Waals surface area contributed by atoms with Crippen molar-refractivity contribution in [2.24, 2.45) is 7.05 Å². The summed E-state index contributed by atoms with van der Waals surface area (Å²) in [5, 5.41) is 15.3. The van der Waals surface area contributed by atoms with Gasteiger partial charge in [0, 0.05) is 30.8 Å². The highest BCUT2D eigenvalue weighted by molar-refractivity contribution is 7.99. The molecular weight excluding hydrogens is 298 g/mol. The fourth-order valence-corrected chi connectivity index (χ4v) is 2.49. The van der Waals surface area contributed by atoms with Gasteiger partial charge in [0.1, 0.15) is 0 Å². The fourth-order valence-electron chi connectivity index (χ4n) is 1.50. The molecule has 2 rings (SSSR count). The Morgan fingerprint density at radius 3 is 2.95 bits per heavy atom. The Morgan fingerprint density at radius 1 is 1.45 bits per heavy atom. The lowest BCUT2D eigenvalue weighted by molar-refractivity contribution is -0.120. The average molecular weight is 312 g/mol. The van der Waals surface area contributed by atoms with Crippen LogP contribution >= 0.6 is 23.4 Å². The Morgan fingerprint density at radius 2 is 2.25 bits per heavy atom. The molecule has 0 unspecified atom stereocenters. The third-order valence-electron chi connectivity index (χ3n) is 2.58. The minimum Gasteiger partial charge on any atom is -0.352 e. The summed E-state index contributed by atoms with van der Waals surface area (Å²) < 4.78 is 1.58. The summed E-state index contributed by atoms with van der Waals surface area (Å²) >= 11 is 7.46. The van der Waals surface area contributed by atoms with E-state index in [9.17, 15) is 4.79 Å². The molecule has 1 aromatic carbocycles. The van der Waals surface area contributed by atoms with E-state index in [-0.39, 0.29) is 5.91 Å². The molecule has 1 heterocycles. The van der Waals surface area contributed by atoms with Crippen molar-refractivity contribution >= 4 is 29.3 Å². The number of aromatic nitrogens is 4. The molecular formula is C12H14ClN5OS. The maximum absolute atomic E-state index is 11.7. The van der Waals surface area contributed by atoms with E-state index in [4.69, 9.17) is 11.6 Å². The Hall–Kier alpha value is -1.60. The number of hydrogen-bond acceptors (Lipinski definition) is 5. The summed E-state index contributed by atoms with van der Waals surface area (Å²) in [7, 11) is 1.76. The number of aryl methyl sites for hydroxylation is 1. The van der Waals surface area contributed by atoms with Gasteiger partial charge in [-0.1, -0.05) is 41.6 Å². The molecule has 0 fully saturated rings. The average Bonchev–Trinajstić information content (AvgIpc) is 2.84. The van der Waals surface area contributed by atoms with E-state index in [1.54, 1.807) is 17.8 Å². The van der Waals surface area contributed by atoms with Gasteiger partial charge < -0.3 is 5.32 Å². The van der Waals surface area contributed by atoms with Gasteiger partial charge >= 0.3 is 0 Å². The highest BCUT2D eigenvalue weighted by Gasteiger charge is 2.06. The van der Waals surface area contributed by atoms with E-state index in [0.29, 0.717) is 28.9 Å². The van der Waals surface area contributed by atoms with Crippen LogP contribution in [0.2, 0.25) is 5.02 Å².